The van der Waals surface area contributed by atoms with Gasteiger partial charge in [0.15, 0.2) is 0 Å². The maximum Gasteiger partial charge on any atom is 0.315 e. The van der Waals surface area contributed by atoms with Crippen molar-refractivity contribution in [3.63, 3.8) is 0 Å². The molecule has 0 saturated carbocycles. The van der Waals surface area contributed by atoms with Gasteiger partial charge in [-0.05, 0) is 20.8 Å². The van der Waals surface area contributed by atoms with Crippen LogP contribution in [0.15, 0.2) is 0 Å². The quantitative estimate of drug-likeness (QED) is 0.559. The molecule has 0 aromatic rings. The van der Waals surface area contributed by atoms with Crippen LogP contribution in [0.3, 0.4) is 0 Å². The van der Waals surface area contributed by atoms with Crippen LogP contribution in [0.2, 0.25) is 0 Å². The molecule has 1 rings (SSSR count). The molecule has 0 spiro atoms. The summed E-state index contributed by atoms with van der Waals surface area (Å²) >= 11 is 16.8. The number of rotatable bonds is 1. The van der Waals surface area contributed by atoms with Crippen LogP contribution in [0.1, 0.15) is 20.8 Å². The fourth-order valence-electron chi connectivity index (χ4n) is 0.693. The highest BCUT2D eigenvalue weighted by atomic mass is 35.6. The molecule has 6 heteroatoms. The molecule has 0 aromatic carbocycles. The third-order valence-electron chi connectivity index (χ3n) is 1.11. The van der Waals surface area contributed by atoms with Crippen molar-refractivity contribution in [1.82, 2.24) is 5.48 Å². The first-order valence-electron chi connectivity index (χ1n) is 3.38. The average molecular weight is 235 g/mol. The number of hydrogen-bond acceptors (Lipinski definition) is 3. The Morgan fingerprint density at radius 2 is 1.67 bits per heavy atom. The van der Waals surface area contributed by atoms with Gasteiger partial charge in [0.1, 0.15) is 0 Å². The van der Waals surface area contributed by atoms with Gasteiger partial charge in [-0.25, -0.2) is 4.84 Å². The largest absolute Gasteiger partial charge is 0.326 e. The Hall–Kier alpha value is 0.750. The summed E-state index contributed by atoms with van der Waals surface area (Å²) < 4.78 is 3.75. The zero-order valence-electron chi connectivity index (χ0n) is 6.95. The summed E-state index contributed by atoms with van der Waals surface area (Å²) in [6.45, 7) is 5.53. The predicted molar refractivity (Wildman–Crippen MR) is 48.1 cm³/mol. The van der Waals surface area contributed by atoms with E-state index in [2.05, 4.69) is 5.48 Å². The fourth-order valence-corrected chi connectivity index (χ4v) is 1.04. The lowest BCUT2D eigenvalue weighted by atomic mass is 10.2. The summed E-state index contributed by atoms with van der Waals surface area (Å²) in [5.74, 6) is -1.28. The third-order valence-corrected chi connectivity index (χ3v) is 1.86. The fraction of sp³-hybridized carbons (Fsp3) is 1.00. The van der Waals surface area contributed by atoms with Crippen molar-refractivity contribution in [1.29, 1.82) is 0 Å². The molecular weight excluding hydrogens is 224 g/mol. The van der Waals surface area contributed by atoms with Crippen LogP contribution in [0, 0.1) is 0 Å². The number of alkyl halides is 3. The molecule has 1 unspecified atom stereocenters. The van der Waals surface area contributed by atoms with Crippen LogP contribution in [0.4, 0.5) is 0 Å². The van der Waals surface area contributed by atoms with Crippen LogP contribution < -0.4 is 5.48 Å². The number of ether oxygens (including phenoxy) is 1. The Balaban J connectivity index is 2.63. The van der Waals surface area contributed by atoms with E-state index in [0.717, 1.165) is 0 Å². The minimum absolute atomic E-state index is 0.437. The number of hydrogen-bond donors (Lipinski definition) is 1. The summed E-state index contributed by atoms with van der Waals surface area (Å²) in [5, 5.41) is 0. The zero-order chi connectivity index (χ0) is 9.62. The SMILES string of the molecule is CC(C)(C)OC1(C(Cl)(Cl)Cl)NO1. The predicted octanol–water partition coefficient (Wildman–Crippen LogP) is 2.36. The van der Waals surface area contributed by atoms with Crippen molar-refractivity contribution < 1.29 is 9.57 Å². The second-order valence-corrected chi connectivity index (χ2v) is 5.81. The molecule has 1 aliphatic heterocycles. The van der Waals surface area contributed by atoms with Gasteiger partial charge in [-0.1, -0.05) is 34.8 Å². The van der Waals surface area contributed by atoms with Crippen LogP contribution in [-0.2, 0) is 9.57 Å². The molecule has 0 radical (unpaired) electrons. The Kier molecular flexibility index (Phi) is 2.59. The topological polar surface area (TPSA) is 43.7 Å². The monoisotopic (exact) mass is 233 g/mol. The van der Waals surface area contributed by atoms with Crippen molar-refractivity contribution in [2.45, 2.75) is 36.1 Å². The molecule has 1 N–H and O–H groups in total. The molecule has 1 saturated heterocycles. The Bertz CT molecular complexity index is 180. The van der Waals surface area contributed by atoms with Crippen LogP contribution in [0.5, 0.6) is 0 Å². The summed E-state index contributed by atoms with van der Waals surface area (Å²) in [6.07, 6.45) is 0. The average Bonchev–Trinajstić information content (AvgIpc) is 2.39. The summed E-state index contributed by atoms with van der Waals surface area (Å²) in [7, 11) is 0. The minimum Gasteiger partial charge on any atom is -0.326 e. The number of halogens is 3. The molecule has 1 aliphatic rings. The second kappa shape index (κ2) is 2.87. The van der Waals surface area contributed by atoms with Gasteiger partial charge >= 0.3 is 5.91 Å². The van der Waals surface area contributed by atoms with E-state index in [1.54, 1.807) is 0 Å². The molecule has 0 amide bonds. The smallest absolute Gasteiger partial charge is 0.315 e. The highest BCUT2D eigenvalue weighted by Gasteiger charge is 2.64. The summed E-state index contributed by atoms with van der Waals surface area (Å²) in [6, 6.07) is 0. The van der Waals surface area contributed by atoms with Crippen molar-refractivity contribution in [2.75, 3.05) is 0 Å². The Morgan fingerprint density at radius 1 is 1.25 bits per heavy atom. The van der Waals surface area contributed by atoms with Gasteiger partial charge < -0.3 is 4.74 Å². The first-order chi connectivity index (χ1) is 5.16. The lowest BCUT2D eigenvalue weighted by Gasteiger charge is -2.27. The molecule has 0 aliphatic carbocycles. The summed E-state index contributed by atoms with van der Waals surface area (Å²) in [5.41, 5.74) is 1.99. The van der Waals surface area contributed by atoms with Gasteiger partial charge in [0.2, 0.25) is 0 Å². The van der Waals surface area contributed by atoms with Gasteiger partial charge in [0, 0.05) is 0 Å². The molecular formula is C6H10Cl3NO2. The highest BCUT2D eigenvalue weighted by Crippen LogP contribution is 2.47. The standard InChI is InChI=1S/C6H10Cl3NO2/c1-4(2,3)11-6(10-12-6)5(7,8)9/h10H,1-3H3. The van der Waals surface area contributed by atoms with Gasteiger partial charge in [-0.15, -0.1) is 5.48 Å². The number of nitrogens with one attached hydrogen (secondary N) is 1. The van der Waals surface area contributed by atoms with Gasteiger partial charge in [-0.3, -0.25) is 0 Å². The maximum absolute atomic E-state index is 5.61. The van der Waals surface area contributed by atoms with Crippen LogP contribution in [0.25, 0.3) is 0 Å². The van der Waals surface area contributed by atoms with E-state index in [9.17, 15) is 0 Å². The molecule has 3 nitrogen and oxygen atoms in total. The van der Waals surface area contributed by atoms with E-state index in [1.807, 2.05) is 20.8 Å². The molecule has 72 valence electrons. The lowest BCUT2D eigenvalue weighted by Crippen LogP contribution is -2.41. The molecule has 0 bridgehead atoms. The minimum atomic E-state index is -1.62. The highest BCUT2D eigenvalue weighted by molar-refractivity contribution is 6.68. The van der Waals surface area contributed by atoms with Gasteiger partial charge in [0.25, 0.3) is 3.79 Å². The van der Waals surface area contributed by atoms with E-state index in [-0.39, 0.29) is 0 Å². The second-order valence-electron chi connectivity index (χ2n) is 3.53. The van der Waals surface area contributed by atoms with Crippen molar-refractivity contribution >= 4 is 34.8 Å². The first-order valence-corrected chi connectivity index (χ1v) is 4.52. The molecule has 1 atom stereocenters. The maximum atomic E-state index is 5.61. The molecule has 0 aromatic heterocycles. The van der Waals surface area contributed by atoms with Crippen LogP contribution in [-0.4, -0.2) is 15.3 Å². The summed E-state index contributed by atoms with van der Waals surface area (Å²) in [4.78, 5) is 4.77. The Morgan fingerprint density at radius 3 is 1.75 bits per heavy atom. The Labute approximate surface area is 86.2 Å². The van der Waals surface area contributed by atoms with E-state index in [4.69, 9.17) is 44.4 Å². The van der Waals surface area contributed by atoms with Crippen LogP contribution >= 0.6 is 34.8 Å². The van der Waals surface area contributed by atoms with E-state index < -0.39 is 15.3 Å². The number of hydroxylamine groups is 1. The van der Waals surface area contributed by atoms with Crippen molar-refractivity contribution in [3.05, 3.63) is 0 Å². The van der Waals surface area contributed by atoms with Crippen molar-refractivity contribution in [2.24, 2.45) is 0 Å². The lowest BCUT2D eigenvalue weighted by molar-refractivity contribution is -0.126. The van der Waals surface area contributed by atoms with Gasteiger partial charge in [0.05, 0.1) is 5.60 Å². The first kappa shape index (κ1) is 10.8. The third kappa shape index (κ3) is 2.37. The normalized spacial score (nSPS) is 30.5. The van der Waals surface area contributed by atoms with E-state index in [0.29, 0.717) is 0 Å². The van der Waals surface area contributed by atoms with E-state index >= 15 is 0 Å². The zero-order valence-corrected chi connectivity index (χ0v) is 9.22. The molecule has 12 heavy (non-hydrogen) atoms. The van der Waals surface area contributed by atoms with Gasteiger partial charge in [-0.2, -0.15) is 0 Å². The van der Waals surface area contributed by atoms with E-state index in [1.165, 1.54) is 0 Å². The molecule has 1 heterocycles. The van der Waals surface area contributed by atoms with Crippen molar-refractivity contribution in [3.8, 4) is 0 Å². The molecule has 1 fully saturated rings.